The summed E-state index contributed by atoms with van der Waals surface area (Å²) in [6.07, 6.45) is 0. The zero-order valence-corrected chi connectivity index (χ0v) is 15.9. The van der Waals surface area contributed by atoms with Gasteiger partial charge in [0.15, 0.2) is 0 Å². The predicted octanol–water partition coefficient (Wildman–Crippen LogP) is 4.59. The van der Waals surface area contributed by atoms with Gasteiger partial charge >= 0.3 is 0 Å². The van der Waals surface area contributed by atoms with E-state index in [1.165, 1.54) is 11.3 Å². The Bertz CT molecular complexity index is 1010. The molecule has 0 atom stereocenters. The van der Waals surface area contributed by atoms with E-state index in [0.29, 0.717) is 27.6 Å². The van der Waals surface area contributed by atoms with Gasteiger partial charge in [-0.1, -0.05) is 23.8 Å². The fraction of sp³-hybridized carbons (Fsp3) is 0.200. The molecular formula is C20H20N2O3S. The van der Waals surface area contributed by atoms with E-state index in [4.69, 9.17) is 10.2 Å². The van der Waals surface area contributed by atoms with Gasteiger partial charge < -0.3 is 15.5 Å². The van der Waals surface area contributed by atoms with Gasteiger partial charge in [-0.05, 0) is 44.9 Å². The van der Waals surface area contributed by atoms with Crippen molar-refractivity contribution in [1.82, 2.24) is 0 Å². The van der Waals surface area contributed by atoms with E-state index < -0.39 is 5.91 Å². The Labute approximate surface area is 155 Å². The van der Waals surface area contributed by atoms with Gasteiger partial charge in [-0.25, -0.2) is 0 Å². The number of nitrogens with one attached hydrogen (secondary N) is 1. The highest BCUT2D eigenvalue weighted by molar-refractivity contribution is 7.15. The molecule has 0 aliphatic rings. The maximum absolute atomic E-state index is 12.6. The van der Waals surface area contributed by atoms with E-state index in [1.54, 1.807) is 19.9 Å². The second kappa shape index (κ2) is 6.80. The molecule has 0 bridgehead atoms. The van der Waals surface area contributed by atoms with Crippen LogP contribution in [0.3, 0.4) is 0 Å². The highest BCUT2D eigenvalue weighted by Gasteiger charge is 2.22. The summed E-state index contributed by atoms with van der Waals surface area (Å²) in [4.78, 5) is 24.7. The average Bonchev–Trinajstić information content (AvgIpc) is 3.12. The van der Waals surface area contributed by atoms with Crippen molar-refractivity contribution in [3.05, 3.63) is 63.4 Å². The number of amides is 2. The maximum atomic E-state index is 12.6. The van der Waals surface area contributed by atoms with Crippen LogP contribution >= 0.6 is 11.3 Å². The topological polar surface area (TPSA) is 85.3 Å². The van der Waals surface area contributed by atoms with Crippen molar-refractivity contribution >= 4 is 28.2 Å². The first kappa shape index (κ1) is 17.9. The number of furan rings is 1. The highest BCUT2D eigenvalue weighted by atomic mass is 32.1. The molecule has 0 spiro atoms. The Morgan fingerprint density at radius 3 is 2.42 bits per heavy atom. The van der Waals surface area contributed by atoms with Gasteiger partial charge in [0.2, 0.25) is 0 Å². The summed E-state index contributed by atoms with van der Waals surface area (Å²) in [6, 6.07) is 7.71. The van der Waals surface area contributed by atoms with E-state index >= 15 is 0 Å². The van der Waals surface area contributed by atoms with Crippen molar-refractivity contribution in [1.29, 1.82) is 0 Å². The number of thiophene rings is 1. The molecule has 0 unspecified atom stereocenters. The van der Waals surface area contributed by atoms with Crippen LogP contribution in [0.2, 0.25) is 0 Å². The molecule has 2 heterocycles. The van der Waals surface area contributed by atoms with Crippen LogP contribution in [-0.4, -0.2) is 11.8 Å². The van der Waals surface area contributed by atoms with E-state index in [2.05, 4.69) is 5.32 Å². The van der Waals surface area contributed by atoms with Crippen LogP contribution in [0.5, 0.6) is 0 Å². The van der Waals surface area contributed by atoms with Crippen molar-refractivity contribution in [3.63, 3.8) is 0 Å². The van der Waals surface area contributed by atoms with Crippen LogP contribution in [0.25, 0.3) is 11.1 Å². The summed E-state index contributed by atoms with van der Waals surface area (Å²) in [5.41, 5.74) is 10.2. The van der Waals surface area contributed by atoms with Crippen molar-refractivity contribution in [2.24, 2.45) is 5.73 Å². The summed E-state index contributed by atoms with van der Waals surface area (Å²) in [5.74, 6) is 0.297. The molecule has 2 aromatic heterocycles. The largest absolute Gasteiger partial charge is 0.466 e. The molecule has 26 heavy (non-hydrogen) atoms. The molecule has 3 aromatic rings. The van der Waals surface area contributed by atoms with Crippen LogP contribution < -0.4 is 11.1 Å². The van der Waals surface area contributed by atoms with Gasteiger partial charge in [0.05, 0.1) is 11.1 Å². The lowest BCUT2D eigenvalue weighted by molar-refractivity contribution is 0.100. The van der Waals surface area contributed by atoms with Crippen LogP contribution in [0.15, 0.2) is 34.1 Å². The summed E-state index contributed by atoms with van der Waals surface area (Å²) in [6.45, 7) is 7.48. The Kier molecular flexibility index (Phi) is 4.70. The van der Waals surface area contributed by atoms with E-state index in [0.717, 1.165) is 22.3 Å². The third-order valence-electron chi connectivity index (χ3n) is 4.23. The third kappa shape index (κ3) is 3.28. The van der Waals surface area contributed by atoms with Gasteiger partial charge in [0.25, 0.3) is 11.8 Å². The lowest BCUT2D eigenvalue weighted by Crippen LogP contribution is -2.17. The molecule has 3 N–H and O–H groups in total. The fourth-order valence-electron chi connectivity index (χ4n) is 2.95. The Morgan fingerprint density at radius 1 is 1.08 bits per heavy atom. The van der Waals surface area contributed by atoms with E-state index in [-0.39, 0.29) is 5.91 Å². The lowest BCUT2D eigenvalue weighted by Gasteiger charge is -2.09. The monoisotopic (exact) mass is 368 g/mol. The van der Waals surface area contributed by atoms with Crippen LogP contribution in [0.1, 0.15) is 43.4 Å². The first-order valence-electron chi connectivity index (χ1n) is 8.15. The molecular weight excluding hydrogens is 348 g/mol. The number of hydrogen-bond donors (Lipinski definition) is 2. The summed E-state index contributed by atoms with van der Waals surface area (Å²) in [5, 5.41) is 5.10. The molecule has 134 valence electrons. The number of benzene rings is 1. The Morgan fingerprint density at radius 2 is 1.81 bits per heavy atom. The van der Waals surface area contributed by atoms with Gasteiger partial charge in [-0.15, -0.1) is 11.3 Å². The summed E-state index contributed by atoms with van der Waals surface area (Å²) >= 11 is 1.29. The molecule has 0 saturated carbocycles. The Hall–Kier alpha value is -2.86. The zero-order valence-electron chi connectivity index (χ0n) is 15.1. The number of rotatable bonds is 4. The standard InChI is InChI=1S/C20H20N2O3S/c1-10-5-6-11(2)14(7-10)16-9-26-20(17(16)18(21)23)22-19(24)15-8-12(3)25-13(15)4/h5-9H,1-4H3,(H2,21,23)(H,22,24). The van der Waals surface area contributed by atoms with Crippen LogP contribution in [-0.2, 0) is 0 Å². The number of primary amides is 1. The van der Waals surface area contributed by atoms with Crippen molar-refractivity contribution in [2.75, 3.05) is 5.32 Å². The smallest absolute Gasteiger partial charge is 0.259 e. The van der Waals surface area contributed by atoms with Gasteiger partial charge in [-0.2, -0.15) is 0 Å². The summed E-state index contributed by atoms with van der Waals surface area (Å²) < 4.78 is 5.41. The second-order valence-electron chi connectivity index (χ2n) is 6.32. The maximum Gasteiger partial charge on any atom is 0.259 e. The molecule has 5 nitrogen and oxygen atoms in total. The number of anilines is 1. The minimum absolute atomic E-state index is 0.323. The molecule has 0 fully saturated rings. The molecule has 3 rings (SSSR count). The van der Waals surface area contributed by atoms with Crippen molar-refractivity contribution < 1.29 is 14.0 Å². The zero-order chi connectivity index (χ0) is 19.0. The number of carbonyl (C=O) groups is 2. The van der Waals surface area contributed by atoms with Crippen LogP contribution in [0, 0.1) is 27.7 Å². The quantitative estimate of drug-likeness (QED) is 0.706. The molecule has 0 radical (unpaired) electrons. The first-order valence-corrected chi connectivity index (χ1v) is 9.03. The lowest BCUT2D eigenvalue weighted by atomic mass is 9.97. The number of carbonyl (C=O) groups excluding carboxylic acids is 2. The molecule has 0 saturated heterocycles. The van der Waals surface area contributed by atoms with E-state index in [1.807, 2.05) is 37.4 Å². The predicted molar refractivity (Wildman–Crippen MR) is 104 cm³/mol. The molecule has 2 amide bonds. The van der Waals surface area contributed by atoms with Crippen molar-refractivity contribution in [2.45, 2.75) is 27.7 Å². The number of aryl methyl sites for hydroxylation is 4. The normalized spacial score (nSPS) is 10.8. The van der Waals surface area contributed by atoms with Crippen LogP contribution in [0.4, 0.5) is 5.00 Å². The van der Waals surface area contributed by atoms with Gasteiger partial charge in [0.1, 0.15) is 16.5 Å². The van der Waals surface area contributed by atoms with Gasteiger partial charge in [-0.3, -0.25) is 9.59 Å². The van der Waals surface area contributed by atoms with E-state index in [9.17, 15) is 9.59 Å². The summed E-state index contributed by atoms with van der Waals surface area (Å²) in [7, 11) is 0. The third-order valence-corrected chi connectivity index (χ3v) is 5.13. The number of hydrogen-bond acceptors (Lipinski definition) is 4. The minimum Gasteiger partial charge on any atom is -0.466 e. The van der Waals surface area contributed by atoms with Gasteiger partial charge in [0, 0.05) is 10.9 Å². The minimum atomic E-state index is -0.572. The average molecular weight is 368 g/mol. The molecule has 1 aromatic carbocycles. The number of nitrogens with two attached hydrogens (primary N) is 1. The second-order valence-corrected chi connectivity index (χ2v) is 7.20. The molecule has 0 aliphatic heterocycles. The van der Waals surface area contributed by atoms with Crippen molar-refractivity contribution in [3.8, 4) is 11.1 Å². The molecule has 6 heteroatoms. The Balaban J connectivity index is 2.03. The highest BCUT2D eigenvalue weighted by Crippen LogP contribution is 2.37. The molecule has 0 aliphatic carbocycles. The fourth-order valence-corrected chi connectivity index (χ4v) is 3.91. The first-order chi connectivity index (χ1) is 12.3. The SMILES string of the molecule is Cc1ccc(C)c(-c2csc(NC(=O)c3cc(C)oc3C)c2C(N)=O)c1.